The van der Waals surface area contributed by atoms with Gasteiger partial charge < -0.3 is 24.6 Å². The summed E-state index contributed by atoms with van der Waals surface area (Å²) in [4.78, 5) is 25.7. The van der Waals surface area contributed by atoms with Gasteiger partial charge in [0.05, 0.1) is 5.69 Å². The lowest BCUT2D eigenvalue weighted by molar-refractivity contribution is -0.138. The number of carbonyl (C=O) groups is 2. The number of aliphatic hydroxyl groups is 2. The number of rotatable bonds is 5. The molecule has 2 rings (SSSR count). The lowest BCUT2D eigenvalue weighted by atomic mass is 10.1. The Balaban J connectivity index is 2.61. The zero-order valence-electron chi connectivity index (χ0n) is 15.5. The number of aliphatic hydroxyl groups excluding tert-OH is 2. The van der Waals surface area contributed by atoms with Gasteiger partial charge >= 0.3 is 11.9 Å². The van der Waals surface area contributed by atoms with Gasteiger partial charge in [-0.2, -0.15) is 0 Å². The Bertz CT molecular complexity index is 650. The Labute approximate surface area is 153 Å². The van der Waals surface area contributed by atoms with E-state index >= 15 is 0 Å². The average molecular weight is 365 g/mol. The minimum atomic E-state index is -0.985. The number of benzene rings is 1. The Kier molecular flexibility index (Phi) is 6.99. The Morgan fingerprint density at radius 1 is 0.962 bits per heavy atom. The third-order valence-corrected chi connectivity index (χ3v) is 4.38. The first-order valence-corrected chi connectivity index (χ1v) is 9.08. The second kappa shape index (κ2) is 9.00. The van der Waals surface area contributed by atoms with Crippen LogP contribution in [0.3, 0.4) is 0 Å². The summed E-state index contributed by atoms with van der Waals surface area (Å²) < 4.78 is 11.0. The van der Waals surface area contributed by atoms with E-state index in [1.54, 1.807) is 32.9 Å². The summed E-state index contributed by atoms with van der Waals surface area (Å²) in [7, 11) is 0. The zero-order chi connectivity index (χ0) is 19.3. The molecule has 0 aromatic heterocycles. The van der Waals surface area contributed by atoms with Crippen molar-refractivity contribution in [2.45, 2.75) is 71.8 Å². The number of carbonyl (C=O) groups excluding carboxylic acids is 2. The topological polar surface area (TPSA) is 96.3 Å². The van der Waals surface area contributed by atoms with Crippen LogP contribution in [0.15, 0.2) is 12.1 Å². The van der Waals surface area contributed by atoms with Crippen molar-refractivity contribution in [2.24, 2.45) is 0 Å². The third-order valence-electron chi connectivity index (χ3n) is 4.38. The molecule has 0 fully saturated rings. The molecule has 1 aromatic rings. The summed E-state index contributed by atoms with van der Waals surface area (Å²) in [6, 6.07) is 3.36. The number of esters is 2. The van der Waals surface area contributed by atoms with E-state index in [1.807, 2.05) is 0 Å². The smallest absolute Gasteiger partial charge is 0.311 e. The van der Waals surface area contributed by atoms with Gasteiger partial charge in [-0.1, -0.05) is 19.9 Å². The molecule has 0 saturated heterocycles. The van der Waals surface area contributed by atoms with E-state index in [1.165, 1.54) is 4.90 Å². The summed E-state index contributed by atoms with van der Waals surface area (Å²) in [5, 5.41) is 20.8. The van der Waals surface area contributed by atoms with Gasteiger partial charge in [0, 0.05) is 12.8 Å². The van der Waals surface area contributed by atoms with Crippen molar-refractivity contribution in [3.63, 3.8) is 0 Å². The van der Waals surface area contributed by atoms with E-state index in [0.717, 1.165) is 0 Å². The van der Waals surface area contributed by atoms with E-state index in [4.69, 9.17) is 9.47 Å². The fourth-order valence-electron chi connectivity index (χ4n) is 2.86. The Morgan fingerprint density at radius 2 is 1.46 bits per heavy atom. The Hall–Kier alpha value is -2.12. The fraction of sp³-hybridized carbons (Fsp3) is 0.579. The minimum Gasteiger partial charge on any atom is -0.422 e. The van der Waals surface area contributed by atoms with Crippen LogP contribution in [0, 0.1) is 6.92 Å². The maximum atomic E-state index is 12.2. The molecule has 0 radical (unpaired) electrons. The Morgan fingerprint density at radius 3 is 1.96 bits per heavy atom. The highest BCUT2D eigenvalue weighted by molar-refractivity contribution is 5.81. The molecular weight excluding hydrogens is 338 g/mol. The van der Waals surface area contributed by atoms with Gasteiger partial charge in [-0.3, -0.25) is 9.59 Å². The van der Waals surface area contributed by atoms with Crippen molar-refractivity contribution in [3.05, 3.63) is 17.7 Å². The van der Waals surface area contributed by atoms with Crippen LogP contribution in [0.25, 0.3) is 0 Å². The van der Waals surface area contributed by atoms with Gasteiger partial charge in [-0.15, -0.1) is 0 Å². The molecule has 1 heterocycles. The SMILES string of the molecule is CCC(O)N(c1ccc(C)c2c1OC(=O)CCCCC(=O)O2)C(O)CC. The van der Waals surface area contributed by atoms with Crippen LogP contribution < -0.4 is 14.4 Å². The fourth-order valence-corrected chi connectivity index (χ4v) is 2.86. The van der Waals surface area contributed by atoms with E-state index in [-0.39, 0.29) is 24.3 Å². The van der Waals surface area contributed by atoms with E-state index in [0.29, 0.717) is 36.9 Å². The molecule has 7 nitrogen and oxygen atoms in total. The largest absolute Gasteiger partial charge is 0.422 e. The molecule has 1 aromatic carbocycles. The summed E-state index contributed by atoms with van der Waals surface area (Å²) in [5.41, 5.74) is 0.943. The average Bonchev–Trinajstić information content (AvgIpc) is 2.62. The van der Waals surface area contributed by atoms with Gasteiger partial charge in [0.25, 0.3) is 0 Å². The van der Waals surface area contributed by atoms with Crippen LogP contribution in [0.4, 0.5) is 5.69 Å². The van der Waals surface area contributed by atoms with E-state index < -0.39 is 24.4 Å². The van der Waals surface area contributed by atoms with Crippen LogP contribution in [0.2, 0.25) is 0 Å². The summed E-state index contributed by atoms with van der Waals surface area (Å²) in [5.74, 6) is -0.624. The number of anilines is 1. The quantitative estimate of drug-likeness (QED) is 0.470. The van der Waals surface area contributed by atoms with E-state index in [9.17, 15) is 19.8 Å². The number of hydrogen-bond donors (Lipinski definition) is 2. The molecule has 0 bridgehead atoms. The number of hydrogen-bond acceptors (Lipinski definition) is 7. The zero-order valence-corrected chi connectivity index (χ0v) is 15.5. The highest BCUT2D eigenvalue weighted by Crippen LogP contribution is 2.43. The highest BCUT2D eigenvalue weighted by Gasteiger charge is 2.29. The van der Waals surface area contributed by atoms with Gasteiger partial charge in [-0.05, 0) is 44.2 Å². The lowest BCUT2D eigenvalue weighted by Crippen LogP contribution is -2.43. The summed E-state index contributed by atoms with van der Waals surface area (Å²) in [6.07, 6.45) is 0.229. The van der Waals surface area contributed by atoms with E-state index in [2.05, 4.69) is 0 Å². The van der Waals surface area contributed by atoms with Crippen molar-refractivity contribution in [1.29, 1.82) is 0 Å². The number of aryl methyl sites for hydroxylation is 1. The van der Waals surface area contributed by atoms with Crippen LogP contribution in [0.1, 0.15) is 57.9 Å². The molecule has 7 heteroatoms. The highest BCUT2D eigenvalue weighted by atomic mass is 16.6. The second-order valence-electron chi connectivity index (χ2n) is 6.40. The number of fused-ring (bicyclic) bond motifs is 1. The second-order valence-corrected chi connectivity index (χ2v) is 6.40. The monoisotopic (exact) mass is 365 g/mol. The minimum absolute atomic E-state index is 0.0604. The molecule has 1 aliphatic rings. The molecule has 2 atom stereocenters. The number of nitrogens with zero attached hydrogens (tertiary/aromatic N) is 1. The predicted molar refractivity (Wildman–Crippen MR) is 96.0 cm³/mol. The van der Waals surface area contributed by atoms with Crippen molar-refractivity contribution in [2.75, 3.05) is 4.90 Å². The van der Waals surface area contributed by atoms with Crippen molar-refractivity contribution >= 4 is 17.6 Å². The molecular formula is C19H27NO6. The van der Waals surface area contributed by atoms with Crippen LogP contribution >= 0.6 is 0 Å². The first kappa shape index (κ1) is 20.2. The van der Waals surface area contributed by atoms with Crippen molar-refractivity contribution in [1.82, 2.24) is 0 Å². The molecule has 2 N–H and O–H groups in total. The standard InChI is InChI=1S/C19H27NO6/c1-4-14(21)20(15(22)5-2)13-11-10-12(3)18-19(13)26-17(24)9-7-6-8-16(23)25-18/h10-11,14-15,21-22H,4-9H2,1-3H3. The molecule has 0 spiro atoms. The van der Waals surface area contributed by atoms with Crippen LogP contribution in [-0.2, 0) is 9.59 Å². The van der Waals surface area contributed by atoms with Crippen molar-refractivity contribution < 1.29 is 29.3 Å². The molecule has 2 unspecified atom stereocenters. The maximum absolute atomic E-state index is 12.2. The lowest BCUT2D eigenvalue weighted by Gasteiger charge is -2.35. The number of ether oxygens (including phenoxy) is 2. The van der Waals surface area contributed by atoms with Gasteiger partial charge in [0.1, 0.15) is 12.5 Å². The van der Waals surface area contributed by atoms with Crippen LogP contribution in [0.5, 0.6) is 11.5 Å². The van der Waals surface area contributed by atoms with Gasteiger partial charge in [0.2, 0.25) is 0 Å². The first-order chi connectivity index (χ1) is 12.4. The molecule has 0 amide bonds. The third kappa shape index (κ3) is 4.53. The van der Waals surface area contributed by atoms with Crippen LogP contribution in [-0.4, -0.2) is 34.6 Å². The molecule has 26 heavy (non-hydrogen) atoms. The maximum Gasteiger partial charge on any atom is 0.311 e. The molecule has 0 saturated carbocycles. The first-order valence-electron chi connectivity index (χ1n) is 9.08. The summed E-state index contributed by atoms with van der Waals surface area (Å²) in [6.45, 7) is 5.30. The van der Waals surface area contributed by atoms with Crippen molar-refractivity contribution in [3.8, 4) is 11.5 Å². The molecule has 144 valence electrons. The normalized spacial score (nSPS) is 17.6. The van der Waals surface area contributed by atoms with Gasteiger partial charge in [-0.25, -0.2) is 0 Å². The summed E-state index contributed by atoms with van der Waals surface area (Å²) >= 11 is 0. The molecule has 0 aliphatic carbocycles. The predicted octanol–water partition coefficient (Wildman–Crippen LogP) is 2.64. The molecule has 1 aliphatic heterocycles. The van der Waals surface area contributed by atoms with Gasteiger partial charge in [0.15, 0.2) is 11.5 Å².